The zero-order valence-corrected chi connectivity index (χ0v) is 12.1. The molecule has 19 heavy (non-hydrogen) atoms. The molecule has 0 aliphatic carbocycles. The standard InChI is InChI=1S/C14H27N3O2/c1-2-15-11-14(18)17-7-4-6-16(8-9-17)12-13-5-3-10-19-13/h13,15H,2-12H2,1H3. The van der Waals surface area contributed by atoms with Crippen molar-refractivity contribution in [3.8, 4) is 0 Å². The van der Waals surface area contributed by atoms with Gasteiger partial charge in [-0.3, -0.25) is 9.69 Å². The van der Waals surface area contributed by atoms with Crippen molar-refractivity contribution >= 4 is 5.91 Å². The van der Waals surface area contributed by atoms with Gasteiger partial charge in [-0.15, -0.1) is 0 Å². The molecule has 2 saturated heterocycles. The monoisotopic (exact) mass is 269 g/mol. The van der Waals surface area contributed by atoms with E-state index in [1.807, 2.05) is 11.8 Å². The van der Waals surface area contributed by atoms with Gasteiger partial charge in [0.05, 0.1) is 12.6 Å². The van der Waals surface area contributed by atoms with Crippen molar-refractivity contribution < 1.29 is 9.53 Å². The number of nitrogens with zero attached hydrogens (tertiary/aromatic N) is 2. The topological polar surface area (TPSA) is 44.8 Å². The first-order valence-electron chi connectivity index (χ1n) is 7.62. The van der Waals surface area contributed by atoms with E-state index in [0.29, 0.717) is 12.6 Å². The summed E-state index contributed by atoms with van der Waals surface area (Å²) in [5.41, 5.74) is 0. The summed E-state index contributed by atoms with van der Waals surface area (Å²) in [6.07, 6.45) is 3.89. The molecule has 0 aromatic heterocycles. The Morgan fingerprint density at radius 3 is 2.89 bits per heavy atom. The lowest BCUT2D eigenvalue weighted by Gasteiger charge is -2.24. The number of rotatable bonds is 5. The van der Waals surface area contributed by atoms with Crippen LogP contribution in [0.15, 0.2) is 0 Å². The first-order chi connectivity index (χ1) is 9.29. The number of hydrogen-bond donors (Lipinski definition) is 1. The molecule has 1 amide bonds. The fourth-order valence-electron chi connectivity index (χ4n) is 2.82. The molecule has 0 spiro atoms. The van der Waals surface area contributed by atoms with E-state index in [-0.39, 0.29) is 5.91 Å². The van der Waals surface area contributed by atoms with Crippen molar-refractivity contribution in [2.45, 2.75) is 32.3 Å². The van der Waals surface area contributed by atoms with Crippen LogP contribution in [0.25, 0.3) is 0 Å². The molecule has 0 bridgehead atoms. The third-order valence-electron chi connectivity index (χ3n) is 3.95. The highest BCUT2D eigenvalue weighted by molar-refractivity contribution is 5.78. The molecule has 0 aromatic carbocycles. The van der Waals surface area contributed by atoms with E-state index in [1.165, 1.54) is 12.8 Å². The molecule has 2 heterocycles. The lowest BCUT2D eigenvalue weighted by molar-refractivity contribution is -0.130. The van der Waals surface area contributed by atoms with Gasteiger partial charge in [-0.05, 0) is 32.4 Å². The fraction of sp³-hybridized carbons (Fsp3) is 0.929. The number of hydrogen-bond acceptors (Lipinski definition) is 4. The Balaban J connectivity index is 1.72. The van der Waals surface area contributed by atoms with E-state index in [0.717, 1.165) is 52.3 Å². The number of nitrogens with one attached hydrogen (secondary N) is 1. The molecular formula is C14H27N3O2. The van der Waals surface area contributed by atoms with Gasteiger partial charge in [0.2, 0.25) is 5.91 Å². The van der Waals surface area contributed by atoms with Gasteiger partial charge in [-0.2, -0.15) is 0 Å². The maximum absolute atomic E-state index is 12.0. The van der Waals surface area contributed by atoms with E-state index in [2.05, 4.69) is 10.2 Å². The zero-order chi connectivity index (χ0) is 13.5. The lowest BCUT2D eigenvalue weighted by Crippen LogP contribution is -2.41. The lowest BCUT2D eigenvalue weighted by atomic mass is 10.2. The quantitative estimate of drug-likeness (QED) is 0.780. The first-order valence-corrected chi connectivity index (χ1v) is 7.62. The average molecular weight is 269 g/mol. The van der Waals surface area contributed by atoms with Crippen LogP contribution in [0.3, 0.4) is 0 Å². The molecule has 0 aromatic rings. The van der Waals surface area contributed by atoms with Crippen LogP contribution < -0.4 is 5.32 Å². The zero-order valence-electron chi connectivity index (χ0n) is 12.1. The molecule has 2 rings (SSSR count). The van der Waals surface area contributed by atoms with Gasteiger partial charge in [-0.25, -0.2) is 0 Å². The Morgan fingerprint density at radius 1 is 1.26 bits per heavy atom. The molecule has 2 fully saturated rings. The van der Waals surface area contributed by atoms with E-state index in [1.54, 1.807) is 0 Å². The van der Waals surface area contributed by atoms with Gasteiger partial charge in [0.15, 0.2) is 0 Å². The van der Waals surface area contributed by atoms with Gasteiger partial charge >= 0.3 is 0 Å². The molecule has 1 atom stereocenters. The second-order valence-corrected chi connectivity index (χ2v) is 5.45. The summed E-state index contributed by atoms with van der Waals surface area (Å²) in [4.78, 5) is 16.4. The number of carbonyl (C=O) groups is 1. The Labute approximate surface area is 116 Å². The predicted octanol–water partition coefficient (Wildman–Crippen LogP) is 0.309. The van der Waals surface area contributed by atoms with Crippen molar-refractivity contribution in [2.24, 2.45) is 0 Å². The normalized spacial score (nSPS) is 25.5. The Bertz CT molecular complexity index is 280. The van der Waals surface area contributed by atoms with Crippen LogP contribution in [0.2, 0.25) is 0 Å². The smallest absolute Gasteiger partial charge is 0.236 e. The summed E-state index contributed by atoms with van der Waals surface area (Å²) in [7, 11) is 0. The van der Waals surface area contributed by atoms with Crippen molar-refractivity contribution in [3.63, 3.8) is 0 Å². The Hall–Kier alpha value is -0.650. The van der Waals surface area contributed by atoms with E-state index in [4.69, 9.17) is 4.74 Å². The van der Waals surface area contributed by atoms with E-state index in [9.17, 15) is 4.79 Å². The number of amides is 1. The van der Waals surface area contributed by atoms with Crippen LogP contribution in [-0.2, 0) is 9.53 Å². The molecular weight excluding hydrogens is 242 g/mol. The second-order valence-electron chi connectivity index (χ2n) is 5.45. The molecule has 110 valence electrons. The molecule has 0 radical (unpaired) electrons. The molecule has 2 aliphatic heterocycles. The van der Waals surface area contributed by atoms with Crippen molar-refractivity contribution in [1.29, 1.82) is 0 Å². The average Bonchev–Trinajstić information content (AvgIpc) is 2.81. The highest BCUT2D eigenvalue weighted by Gasteiger charge is 2.22. The minimum absolute atomic E-state index is 0.237. The van der Waals surface area contributed by atoms with Gasteiger partial charge in [0.1, 0.15) is 0 Å². The van der Waals surface area contributed by atoms with Gasteiger partial charge < -0.3 is 15.0 Å². The molecule has 0 saturated carbocycles. The number of ether oxygens (including phenoxy) is 1. The second kappa shape index (κ2) is 7.82. The summed E-state index contributed by atoms with van der Waals surface area (Å²) in [6.45, 7) is 9.14. The van der Waals surface area contributed by atoms with Crippen LogP contribution in [-0.4, -0.2) is 74.2 Å². The van der Waals surface area contributed by atoms with Gasteiger partial charge in [-0.1, -0.05) is 6.92 Å². The number of carbonyl (C=O) groups excluding carboxylic acids is 1. The SMILES string of the molecule is CCNCC(=O)N1CCCN(CC2CCCO2)CC1. The van der Waals surface area contributed by atoms with E-state index >= 15 is 0 Å². The summed E-state index contributed by atoms with van der Waals surface area (Å²) < 4.78 is 5.69. The molecule has 1 N–H and O–H groups in total. The third kappa shape index (κ3) is 4.75. The summed E-state index contributed by atoms with van der Waals surface area (Å²) in [5.74, 6) is 0.237. The minimum atomic E-state index is 0.237. The summed E-state index contributed by atoms with van der Waals surface area (Å²) in [5, 5.41) is 3.11. The Kier molecular flexibility index (Phi) is 6.07. The van der Waals surface area contributed by atoms with Crippen molar-refractivity contribution in [2.75, 3.05) is 52.4 Å². The van der Waals surface area contributed by atoms with Crippen LogP contribution >= 0.6 is 0 Å². The summed E-state index contributed by atoms with van der Waals surface area (Å²) >= 11 is 0. The predicted molar refractivity (Wildman–Crippen MR) is 75.2 cm³/mol. The highest BCUT2D eigenvalue weighted by Crippen LogP contribution is 2.14. The highest BCUT2D eigenvalue weighted by atomic mass is 16.5. The minimum Gasteiger partial charge on any atom is -0.377 e. The molecule has 5 nitrogen and oxygen atoms in total. The van der Waals surface area contributed by atoms with E-state index < -0.39 is 0 Å². The number of likely N-dealkylation sites (N-methyl/N-ethyl adjacent to an activating group) is 1. The van der Waals surface area contributed by atoms with Crippen molar-refractivity contribution in [3.05, 3.63) is 0 Å². The fourth-order valence-corrected chi connectivity index (χ4v) is 2.82. The van der Waals surface area contributed by atoms with Gasteiger partial charge in [0, 0.05) is 32.8 Å². The molecule has 2 aliphatic rings. The first kappa shape index (κ1) is 14.8. The van der Waals surface area contributed by atoms with Crippen LogP contribution in [0.5, 0.6) is 0 Å². The maximum Gasteiger partial charge on any atom is 0.236 e. The van der Waals surface area contributed by atoms with Crippen LogP contribution in [0.1, 0.15) is 26.2 Å². The molecule has 1 unspecified atom stereocenters. The Morgan fingerprint density at radius 2 is 2.16 bits per heavy atom. The van der Waals surface area contributed by atoms with Gasteiger partial charge in [0.25, 0.3) is 0 Å². The van der Waals surface area contributed by atoms with Crippen LogP contribution in [0.4, 0.5) is 0 Å². The third-order valence-corrected chi connectivity index (χ3v) is 3.95. The summed E-state index contributed by atoms with van der Waals surface area (Å²) in [6, 6.07) is 0. The van der Waals surface area contributed by atoms with Crippen LogP contribution in [0, 0.1) is 0 Å². The maximum atomic E-state index is 12.0. The largest absolute Gasteiger partial charge is 0.377 e. The molecule has 5 heteroatoms. The van der Waals surface area contributed by atoms with Crippen molar-refractivity contribution in [1.82, 2.24) is 15.1 Å².